The van der Waals surface area contributed by atoms with E-state index in [1.54, 1.807) is 0 Å². The van der Waals surface area contributed by atoms with Gasteiger partial charge >= 0.3 is 0 Å². The summed E-state index contributed by atoms with van der Waals surface area (Å²) in [4.78, 5) is 9.59. The second-order valence-corrected chi connectivity index (χ2v) is 4.03. The Morgan fingerprint density at radius 3 is 2.93 bits per heavy atom. The summed E-state index contributed by atoms with van der Waals surface area (Å²) in [5.41, 5.74) is 2.38. The molecule has 0 radical (unpaired) electrons. The van der Waals surface area contributed by atoms with Gasteiger partial charge in [0.1, 0.15) is 4.64 Å². The van der Waals surface area contributed by atoms with Gasteiger partial charge in [-0.2, -0.15) is 0 Å². The highest BCUT2D eigenvalue weighted by Gasteiger charge is 2.12. The Hall–Kier alpha value is -0.940. The van der Waals surface area contributed by atoms with Crippen molar-refractivity contribution in [3.8, 4) is 0 Å². The first-order valence-electron chi connectivity index (χ1n) is 4.68. The maximum Gasteiger partial charge on any atom is 0.203 e. The molecular formula is C9H14N4S. The molecule has 0 aliphatic carbocycles. The number of nitrogens with zero attached hydrogens (tertiary/aromatic N) is 2. The van der Waals surface area contributed by atoms with Crippen LogP contribution in [0.1, 0.15) is 11.3 Å². The lowest BCUT2D eigenvalue weighted by molar-refractivity contribution is 0.623. The topological polar surface area (TPSA) is 44.0 Å². The first-order valence-corrected chi connectivity index (χ1v) is 5.09. The zero-order chi connectivity index (χ0) is 10.1. The average molecular weight is 210 g/mol. The van der Waals surface area contributed by atoms with Gasteiger partial charge in [-0.15, -0.1) is 0 Å². The van der Waals surface area contributed by atoms with Gasteiger partial charge in [0.25, 0.3) is 0 Å². The molecule has 0 saturated carbocycles. The number of hydrogen-bond donors (Lipinski definition) is 2. The number of rotatable bonds is 1. The van der Waals surface area contributed by atoms with Crippen molar-refractivity contribution in [2.24, 2.45) is 0 Å². The Morgan fingerprint density at radius 1 is 1.43 bits per heavy atom. The predicted octanol–water partition coefficient (Wildman–Crippen LogP) is 0.851. The van der Waals surface area contributed by atoms with Gasteiger partial charge in [-0.1, -0.05) is 12.2 Å². The van der Waals surface area contributed by atoms with Crippen molar-refractivity contribution in [3.05, 3.63) is 15.9 Å². The predicted molar refractivity (Wildman–Crippen MR) is 59.2 cm³/mol. The minimum atomic E-state index is 0.717. The molecule has 0 atom stereocenters. The average Bonchev–Trinajstić information content (AvgIpc) is 2.17. The summed E-state index contributed by atoms with van der Waals surface area (Å²) in [5.74, 6) is 0.843. The molecule has 0 amide bonds. The number of fused-ring (bicyclic) bond motifs is 1. The number of aromatic amines is 1. The van der Waals surface area contributed by atoms with Crippen molar-refractivity contribution in [1.82, 2.24) is 15.3 Å². The van der Waals surface area contributed by atoms with E-state index in [0.717, 1.165) is 35.7 Å². The Bertz CT molecular complexity index is 396. The van der Waals surface area contributed by atoms with Crippen molar-refractivity contribution in [2.45, 2.75) is 13.0 Å². The van der Waals surface area contributed by atoms with Crippen LogP contribution in [0.4, 0.5) is 5.95 Å². The lowest BCUT2D eigenvalue weighted by Gasteiger charge is -2.19. The maximum absolute atomic E-state index is 5.25. The van der Waals surface area contributed by atoms with Crippen LogP contribution in [0.15, 0.2) is 0 Å². The molecule has 2 heterocycles. The van der Waals surface area contributed by atoms with Crippen LogP contribution in [0.5, 0.6) is 0 Å². The summed E-state index contributed by atoms with van der Waals surface area (Å²) >= 11 is 5.25. The number of anilines is 1. The molecule has 0 fully saturated rings. The lowest BCUT2D eigenvalue weighted by atomic mass is 10.1. The molecular weight excluding hydrogens is 196 g/mol. The Kier molecular flexibility index (Phi) is 2.52. The summed E-state index contributed by atoms with van der Waals surface area (Å²) in [7, 11) is 3.92. The third-order valence-electron chi connectivity index (χ3n) is 2.37. The Balaban J connectivity index is 2.52. The van der Waals surface area contributed by atoms with E-state index < -0.39 is 0 Å². The Labute approximate surface area is 88.4 Å². The SMILES string of the molecule is CN(C)c1nc(=S)c2c([nH]1)CCNC2. The van der Waals surface area contributed by atoms with E-state index in [1.807, 2.05) is 19.0 Å². The summed E-state index contributed by atoms with van der Waals surface area (Å²) in [5, 5.41) is 3.29. The summed E-state index contributed by atoms with van der Waals surface area (Å²) in [6.07, 6.45) is 1.00. The van der Waals surface area contributed by atoms with E-state index in [4.69, 9.17) is 12.2 Å². The molecule has 2 N–H and O–H groups in total. The largest absolute Gasteiger partial charge is 0.349 e. The van der Waals surface area contributed by atoms with Gasteiger partial charge in [-0.3, -0.25) is 0 Å². The van der Waals surface area contributed by atoms with Gasteiger partial charge in [-0.05, 0) is 0 Å². The highest BCUT2D eigenvalue weighted by molar-refractivity contribution is 7.71. The van der Waals surface area contributed by atoms with Crippen LogP contribution in [0, 0.1) is 4.64 Å². The third kappa shape index (κ3) is 1.65. The zero-order valence-electron chi connectivity index (χ0n) is 8.42. The second-order valence-electron chi connectivity index (χ2n) is 3.64. The molecule has 1 aliphatic rings. The number of aromatic nitrogens is 2. The van der Waals surface area contributed by atoms with Crippen molar-refractivity contribution < 1.29 is 0 Å². The molecule has 2 rings (SSSR count). The molecule has 14 heavy (non-hydrogen) atoms. The number of nitrogens with one attached hydrogen (secondary N) is 2. The van der Waals surface area contributed by atoms with Gasteiger partial charge in [0.2, 0.25) is 5.95 Å². The van der Waals surface area contributed by atoms with E-state index in [9.17, 15) is 0 Å². The van der Waals surface area contributed by atoms with Crippen molar-refractivity contribution in [3.63, 3.8) is 0 Å². The first-order chi connectivity index (χ1) is 6.68. The molecule has 0 bridgehead atoms. The fraction of sp³-hybridized carbons (Fsp3) is 0.556. The van der Waals surface area contributed by atoms with Crippen LogP contribution in [-0.4, -0.2) is 30.6 Å². The standard InChI is InChI=1S/C9H14N4S/c1-13(2)9-11-7-3-4-10-5-6(7)8(14)12-9/h10H,3-5H2,1-2H3,(H,11,12,14). The quantitative estimate of drug-likeness (QED) is 0.675. The normalized spacial score (nSPS) is 15.0. The maximum atomic E-state index is 5.25. The second kappa shape index (κ2) is 3.67. The molecule has 1 aromatic rings. The van der Waals surface area contributed by atoms with Gasteiger partial charge in [0.15, 0.2) is 0 Å². The van der Waals surface area contributed by atoms with E-state index in [2.05, 4.69) is 15.3 Å². The minimum absolute atomic E-state index is 0.717. The third-order valence-corrected chi connectivity index (χ3v) is 2.71. The smallest absolute Gasteiger partial charge is 0.203 e. The molecule has 0 saturated heterocycles. The molecule has 1 aliphatic heterocycles. The highest BCUT2D eigenvalue weighted by atomic mass is 32.1. The van der Waals surface area contributed by atoms with Gasteiger partial charge < -0.3 is 15.2 Å². The fourth-order valence-electron chi connectivity index (χ4n) is 1.57. The van der Waals surface area contributed by atoms with E-state index in [0.29, 0.717) is 0 Å². The molecule has 4 nitrogen and oxygen atoms in total. The number of hydrogen-bond acceptors (Lipinski definition) is 4. The first kappa shape index (κ1) is 9.61. The summed E-state index contributed by atoms with van der Waals surface area (Å²) in [6.45, 7) is 1.85. The Morgan fingerprint density at radius 2 is 2.21 bits per heavy atom. The lowest BCUT2D eigenvalue weighted by Crippen LogP contribution is -2.26. The van der Waals surface area contributed by atoms with Crippen LogP contribution >= 0.6 is 12.2 Å². The van der Waals surface area contributed by atoms with E-state index in [-0.39, 0.29) is 0 Å². The monoisotopic (exact) mass is 210 g/mol. The van der Waals surface area contributed by atoms with Crippen LogP contribution < -0.4 is 10.2 Å². The van der Waals surface area contributed by atoms with Crippen molar-refractivity contribution >= 4 is 18.2 Å². The molecule has 1 aromatic heterocycles. The molecule has 0 unspecified atom stereocenters. The number of H-pyrrole nitrogens is 1. The molecule has 5 heteroatoms. The minimum Gasteiger partial charge on any atom is -0.349 e. The van der Waals surface area contributed by atoms with Gasteiger partial charge in [-0.25, -0.2) is 4.98 Å². The fourth-order valence-corrected chi connectivity index (χ4v) is 1.85. The van der Waals surface area contributed by atoms with E-state index in [1.165, 1.54) is 5.69 Å². The van der Waals surface area contributed by atoms with Crippen LogP contribution in [-0.2, 0) is 13.0 Å². The van der Waals surface area contributed by atoms with Gasteiger partial charge in [0, 0.05) is 44.9 Å². The molecule has 0 spiro atoms. The van der Waals surface area contributed by atoms with Gasteiger partial charge in [0.05, 0.1) is 0 Å². The van der Waals surface area contributed by atoms with Crippen LogP contribution in [0.3, 0.4) is 0 Å². The molecule has 76 valence electrons. The molecule has 0 aromatic carbocycles. The van der Waals surface area contributed by atoms with Crippen molar-refractivity contribution in [2.75, 3.05) is 25.5 Å². The van der Waals surface area contributed by atoms with E-state index >= 15 is 0 Å². The van der Waals surface area contributed by atoms with Crippen molar-refractivity contribution in [1.29, 1.82) is 0 Å². The van der Waals surface area contributed by atoms with Crippen LogP contribution in [0.2, 0.25) is 0 Å². The van der Waals surface area contributed by atoms with Crippen LogP contribution in [0.25, 0.3) is 0 Å². The summed E-state index contributed by atoms with van der Waals surface area (Å²) in [6, 6.07) is 0. The highest BCUT2D eigenvalue weighted by Crippen LogP contribution is 2.15. The summed E-state index contributed by atoms with van der Waals surface area (Å²) < 4.78 is 0.717. The zero-order valence-corrected chi connectivity index (χ0v) is 9.24.